The van der Waals surface area contributed by atoms with Gasteiger partial charge in [0.2, 0.25) is 0 Å². The van der Waals surface area contributed by atoms with Crippen molar-refractivity contribution in [1.29, 1.82) is 0 Å². The zero-order chi connectivity index (χ0) is 46.5. The summed E-state index contributed by atoms with van der Waals surface area (Å²) < 4.78 is 19.5. The fourth-order valence-electron chi connectivity index (χ4n) is 7.91. The van der Waals surface area contributed by atoms with Gasteiger partial charge in [0.1, 0.15) is 18.3 Å². The Morgan fingerprint density at radius 1 is 0.571 bits per heavy atom. The molecule has 0 saturated heterocycles. The molecule has 0 amide bonds. The highest BCUT2D eigenvalue weighted by atomic mass is 32.2. The van der Waals surface area contributed by atoms with Crippen molar-refractivity contribution < 1.29 is 23.6 Å². The molecule has 0 aliphatic rings. The lowest BCUT2D eigenvalue weighted by Gasteiger charge is -2.22. The molecule has 0 bridgehead atoms. The van der Waals surface area contributed by atoms with Crippen LogP contribution in [0.25, 0.3) is 0 Å². The van der Waals surface area contributed by atoms with Gasteiger partial charge in [-0.15, -0.1) is 0 Å². The fourth-order valence-corrected chi connectivity index (χ4v) is 8.58. The predicted octanol–water partition coefficient (Wildman–Crippen LogP) is 16.2. The van der Waals surface area contributed by atoms with Crippen molar-refractivity contribution in [3.05, 3.63) is 17.5 Å². The van der Waals surface area contributed by atoms with Crippen LogP contribution in [0.5, 0.6) is 0 Å². The Morgan fingerprint density at radius 3 is 1.37 bits per heavy atom. The molecule has 1 N–H and O–H groups in total. The Bertz CT molecular complexity index is 972. The molecule has 1 atom stereocenters. The van der Waals surface area contributed by atoms with Crippen LogP contribution in [-0.2, 0) is 24.8 Å². The maximum atomic E-state index is 10.4. The number of aromatic nitrogens is 1. The first-order valence-corrected chi connectivity index (χ1v) is 27.9. The van der Waals surface area contributed by atoms with E-state index in [9.17, 15) is 9.59 Å². The number of nitrogens with one attached hydrogen (secondary N) is 1. The molecule has 1 aromatic rings. The lowest BCUT2D eigenvalue weighted by atomic mass is 10.0. The highest BCUT2D eigenvalue weighted by Gasteiger charge is 2.08. The number of methoxy groups -OCH3 is 2. The van der Waals surface area contributed by atoms with E-state index in [2.05, 4.69) is 42.5 Å². The molecule has 1 heterocycles. The van der Waals surface area contributed by atoms with Crippen molar-refractivity contribution in [3.63, 3.8) is 0 Å². The maximum absolute atomic E-state index is 10.4. The second kappa shape index (κ2) is 55.1. The molecule has 0 aromatic carbocycles. The Balaban J connectivity index is 0. The first-order valence-electron chi connectivity index (χ1n) is 26.9. The van der Waals surface area contributed by atoms with Crippen LogP contribution in [0.15, 0.2) is 10.6 Å². The van der Waals surface area contributed by atoms with Crippen molar-refractivity contribution in [2.45, 2.75) is 277 Å². The predicted molar refractivity (Wildman–Crippen MR) is 275 cm³/mol. The van der Waals surface area contributed by atoms with Crippen molar-refractivity contribution in [2.24, 2.45) is 0 Å². The van der Waals surface area contributed by atoms with E-state index in [1.54, 1.807) is 11.9 Å². The topological polar surface area (TPSA) is 93.9 Å². The van der Waals surface area contributed by atoms with E-state index in [1.165, 1.54) is 199 Å². The van der Waals surface area contributed by atoms with Gasteiger partial charge >= 0.3 is 0 Å². The molecule has 1 rings (SSSR count). The van der Waals surface area contributed by atoms with Gasteiger partial charge in [-0.3, -0.25) is 4.72 Å². The second-order valence-electron chi connectivity index (χ2n) is 18.0. The number of ether oxygens (including phenoxy) is 2. The fraction of sp³-hybridized carbons (Fsp3) is 0.907. The van der Waals surface area contributed by atoms with E-state index in [4.69, 9.17) is 14.0 Å². The van der Waals surface area contributed by atoms with Gasteiger partial charge in [-0.05, 0) is 84.3 Å². The summed E-state index contributed by atoms with van der Waals surface area (Å²) in [5.41, 5.74) is 0.984. The van der Waals surface area contributed by atoms with Crippen LogP contribution in [0.1, 0.15) is 264 Å². The van der Waals surface area contributed by atoms with Gasteiger partial charge in [0, 0.05) is 39.7 Å². The molecular weight excluding hydrogens is 803 g/mol. The van der Waals surface area contributed by atoms with Crippen LogP contribution >= 0.6 is 11.9 Å². The van der Waals surface area contributed by atoms with Crippen LogP contribution in [0.2, 0.25) is 0 Å². The minimum atomic E-state index is 0.506. The minimum absolute atomic E-state index is 0.506. The summed E-state index contributed by atoms with van der Waals surface area (Å²) >= 11 is 1.69. The molecule has 9 heteroatoms. The van der Waals surface area contributed by atoms with Crippen LogP contribution < -0.4 is 4.72 Å². The van der Waals surface area contributed by atoms with Crippen LogP contribution in [0, 0.1) is 6.92 Å². The largest absolute Gasteiger partial charge is 0.381 e. The first kappa shape index (κ1) is 63.8. The van der Waals surface area contributed by atoms with Gasteiger partial charge in [-0.25, -0.2) is 0 Å². The molecule has 0 spiro atoms. The van der Waals surface area contributed by atoms with Gasteiger partial charge in [-0.1, -0.05) is 199 Å². The number of rotatable bonds is 47. The number of hydrogen-bond acceptors (Lipinski definition) is 9. The van der Waals surface area contributed by atoms with E-state index >= 15 is 0 Å². The zero-order valence-corrected chi connectivity index (χ0v) is 43.8. The molecule has 0 aliphatic heterocycles. The summed E-state index contributed by atoms with van der Waals surface area (Å²) in [7, 11) is 3.71. The maximum Gasteiger partial charge on any atom is 0.133 e. The second-order valence-corrected chi connectivity index (χ2v) is 18.9. The third kappa shape index (κ3) is 50.0. The van der Waals surface area contributed by atoms with Gasteiger partial charge in [-0.2, -0.15) is 0 Å². The van der Waals surface area contributed by atoms with Gasteiger partial charge < -0.3 is 28.5 Å². The highest BCUT2D eigenvalue weighted by molar-refractivity contribution is 7.96. The summed E-state index contributed by atoms with van der Waals surface area (Å²) in [4.78, 5) is 23.4. The number of aryl methyl sites for hydroxylation is 1. The smallest absolute Gasteiger partial charge is 0.133 e. The van der Waals surface area contributed by atoms with E-state index in [-0.39, 0.29) is 0 Å². The van der Waals surface area contributed by atoms with E-state index in [0.29, 0.717) is 25.0 Å². The average molecular weight is 911 g/mol. The summed E-state index contributed by atoms with van der Waals surface area (Å²) in [6.07, 6.45) is 47.5. The van der Waals surface area contributed by atoms with Crippen LogP contribution in [-0.4, -0.2) is 75.2 Å². The van der Waals surface area contributed by atoms with Crippen molar-refractivity contribution in [3.8, 4) is 0 Å². The first-order chi connectivity index (χ1) is 30.9. The average Bonchev–Trinajstić information content (AvgIpc) is 3.72. The quantitative estimate of drug-likeness (QED) is 0.0390. The number of hydrogen-bond donors (Lipinski definition) is 1. The third-order valence-corrected chi connectivity index (χ3v) is 13.0. The minimum Gasteiger partial charge on any atom is -0.381 e. The van der Waals surface area contributed by atoms with E-state index in [1.807, 2.05) is 27.2 Å². The van der Waals surface area contributed by atoms with Crippen molar-refractivity contribution >= 4 is 24.5 Å². The summed E-state index contributed by atoms with van der Waals surface area (Å²) in [5, 5.41) is 4.01. The molecular formula is C54H107N3O5S. The number of unbranched alkanes of at least 4 members (excludes halogenated alkanes) is 25. The standard InChI is InChI=1S/C24H43N3O3S.C18H38O.C12H26O/c1-23-21-24(26-30-23)22-31-25-15-14-18-27(16-10-6-2-4-8-12-19-28)17-11-7-3-5-9-13-20-29;1-4-6-8-10-12-14-16-18(19-3)17-15-13-11-9-7-5-2;1-4-6-7-8-9-10-11-12(5-2)13-3/h19-21,25H,2-18,22H2,1H3;18H,4-17H2,1-3H3;12H,4-11H2,1-3H3. The molecule has 0 aliphatic carbocycles. The summed E-state index contributed by atoms with van der Waals surface area (Å²) in [6, 6.07) is 1.98. The van der Waals surface area contributed by atoms with E-state index in [0.717, 1.165) is 68.6 Å². The molecule has 1 unspecified atom stereocenters. The number of carbonyl (C=O) groups excluding carboxylic acids is 2. The zero-order valence-electron chi connectivity index (χ0n) is 43.0. The molecule has 374 valence electrons. The monoisotopic (exact) mass is 910 g/mol. The molecule has 0 saturated carbocycles. The SMILES string of the molecule is CCCCCCCCC(CC)OC.CCCCCCCCC(CCCCCCCC)OC.Cc1cc(CSNCCCN(CCCCCCCC=O)CCCCCCCC=O)no1. The molecule has 1 aromatic heterocycles. The molecule has 0 fully saturated rings. The molecule has 8 nitrogen and oxygen atoms in total. The summed E-state index contributed by atoms with van der Waals surface area (Å²) in [6.45, 7) is 15.4. The lowest BCUT2D eigenvalue weighted by molar-refractivity contribution is -0.108. The van der Waals surface area contributed by atoms with Gasteiger partial charge in [0.25, 0.3) is 0 Å². The lowest BCUT2D eigenvalue weighted by Crippen LogP contribution is -2.29. The number of carbonyl (C=O) groups is 2. The summed E-state index contributed by atoms with van der Waals surface area (Å²) in [5.74, 6) is 1.69. The Hall–Kier alpha value is -1.26. The van der Waals surface area contributed by atoms with Gasteiger partial charge in [0.15, 0.2) is 0 Å². The Labute approximate surface area is 396 Å². The van der Waals surface area contributed by atoms with Crippen LogP contribution in [0.4, 0.5) is 0 Å². The normalized spacial score (nSPS) is 11.7. The van der Waals surface area contributed by atoms with Gasteiger partial charge in [0.05, 0.1) is 23.7 Å². The third-order valence-electron chi connectivity index (χ3n) is 12.1. The van der Waals surface area contributed by atoms with E-state index < -0.39 is 0 Å². The van der Waals surface area contributed by atoms with Crippen molar-refractivity contribution in [2.75, 3.05) is 40.4 Å². The molecule has 0 radical (unpaired) electrons. The molecule has 63 heavy (non-hydrogen) atoms. The van der Waals surface area contributed by atoms with Crippen molar-refractivity contribution in [1.82, 2.24) is 14.8 Å². The Morgan fingerprint density at radius 2 is 0.968 bits per heavy atom. The number of nitrogens with zero attached hydrogens (tertiary/aromatic N) is 2. The number of aldehydes is 2. The highest BCUT2D eigenvalue weighted by Crippen LogP contribution is 2.17. The van der Waals surface area contributed by atoms with Crippen LogP contribution in [0.3, 0.4) is 0 Å². The Kier molecular flexibility index (Phi) is 55.8.